The molecule has 0 fully saturated rings. The molecule has 182 valence electrons. The number of aliphatic hydroxyl groups is 1. The molecule has 1 aliphatic rings. The average molecular weight is 504 g/mol. The molecular weight excluding hydrogens is 486 g/mol. The van der Waals surface area contributed by atoms with E-state index in [2.05, 4.69) is 0 Å². The fraction of sp³-hybridized carbons (Fsp3) is 0.0909. The fourth-order valence-corrected chi connectivity index (χ4v) is 3.09. The second-order valence-corrected chi connectivity index (χ2v) is 7.08. The number of aliphatic hydroxyl groups excluding tert-OH is 1. The molecule has 0 aromatic heterocycles. The number of nitro benzene ring substituents is 2. The summed E-state index contributed by atoms with van der Waals surface area (Å²) < 4.78 is 0. The van der Waals surface area contributed by atoms with Crippen LogP contribution in [0.4, 0.5) is 17.1 Å². The third kappa shape index (κ3) is 5.69. The zero-order valence-electron chi connectivity index (χ0n) is 17.8. The van der Waals surface area contributed by atoms with Crippen molar-refractivity contribution in [3.05, 3.63) is 97.1 Å². The van der Waals surface area contributed by atoms with E-state index >= 15 is 0 Å². The molecule has 0 heterocycles. The minimum Gasteiger partial charge on any atom is -0.507 e. The number of rotatable bonds is 3. The predicted molar refractivity (Wildman–Crippen MR) is 125 cm³/mol. The first kappa shape index (κ1) is 26.7. The molecule has 13 heteroatoms. The average Bonchev–Trinajstić information content (AvgIpc) is 2.82. The van der Waals surface area contributed by atoms with Crippen molar-refractivity contribution in [2.75, 3.05) is 18.2 Å². The van der Waals surface area contributed by atoms with Gasteiger partial charge >= 0.3 is 0 Å². The summed E-state index contributed by atoms with van der Waals surface area (Å²) in [6, 6.07) is 12.8. The molecule has 0 aliphatic heterocycles. The number of nitrogens with zero attached hydrogens (tertiary/aromatic N) is 2. The molecule has 0 unspecified atom stereocenters. The number of para-hydroxylation sites is 1. The molecule has 0 radical (unpaired) electrons. The third-order valence-electron chi connectivity index (χ3n) is 4.51. The normalized spacial score (nSPS) is 11.1. The molecule has 5 N–H and O–H groups in total. The van der Waals surface area contributed by atoms with Crippen molar-refractivity contribution in [1.29, 1.82) is 0 Å². The van der Waals surface area contributed by atoms with Crippen LogP contribution in [0.2, 0.25) is 0 Å². The first-order valence-electron chi connectivity index (χ1n) is 9.64. The van der Waals surface area contributed by atoms with Crippen molar-refractivity contribution in [3.8, 4) is 11.5 Å². The van der Waals surface area contributed by atoms with Crippen LogP contribution in [-0.2, 0) is 0 Å². The first-order chi connectivity index (χ1) is 16.6. The van der Waals surface area contributed by atoms with Crippen molar-refractivity contribution < 1.29 is 34.8 Å². The number of nitrogen functional groups attached to an aromatic ring is 1. The van der Waals surface area contributed by atoms with Crippen molar-refractivity contribution in [2.45, 2.75) is 0 Å². The highest BCUT2D eigenvalue weighted by atomic mass is 35.5. The summed E-state index contributed by atoms with van der Waals surface area (Å²) in [7, 11) is 0. The molecule has 12 nitrogen and oxygen atoms in total. The number of alkyl halides is 1. The number of carbonyl (C=O) groups excluding carboxylic acids is 2. The number of aromatic hydroxyl groups is 2. The number of carbonyl (C=O) groups is 2. The summed E-state index contributed by atoms with van der Waals surface area (Å²) in [5.74, 6) is -3.36. The molecule has 0 amide bonds. The van der Waals surface area contributed by atoms with E-state index < -0.39 is 66.5 Å². The monoisotopic (exact) mass is 503 g/mol. The van der Waals surface area contributed by atoms with Crippen LogP contribution < -0.4 is 5.73 Å². The number of ketones is 2. The van der Waals surface area contributed by atoms with Gasteiger partial charge in [-0.25, -0.2) is 0 Å². The zero-order valence-corrected chi connectivity index (χ0v) is 18.5. The molecule has 0 spiro atoms. The topological polar surface area (TPSA) is 207 Å². The van der Waals surface area contributed by atoms with Gasteiger partial charge in [0.1, 0.15) is 22.6 Å². The van der Waals surface area contributed by atoms with E-state index in [1.807, 2.05) is 30.3 Å². The lowest BCUT2D eigenvalue weighted by Gasteiger charge is -2.18. The highest BCUT2D eigenvalue weighted by Gasteiger charge is 2.43. The quantitative estimate of drug-likeness (QED) is 0.139. The highest BCUT2D eigenvalue weighted by Crippen LogP contribution is 2.43. The smallest absolute Gasteiger partial charge is 0.281 e. The number of nitro groups is 2. The van der Waals surface area contributed by atoms with Gasteiger partial charge in [0.05, 0.1) is 27.6 Å². The van der Waals surface area contributed by atoms with Gasteiger partial charge in [0.25, 0.3) is 11.4 Å². The van der Waals surface area contributed by atoms with Gasteiger partial charge in [0.2, 0.25) is 11.6 Å². The summed E-state index contributed by atoms with van der Waals surface area (Å²) >= 11 is 4.94. The summed E-state index contributed by atoms with van der Waals surface area (Å²) in [5, 5.41) is 49.6. The maximum atomic E-state index is 12.6. The van der Waals surface area contributed by atoms with Gasteiger partial charge in [-0.05, 0) is 24.3 Å². The minimum absolute atomic E-state index is 0.0849. The minimum atomic E-state index is -1.19. The molecule has 35 heavy (non-hydrogen) atoms. The molecule has 3 aromatic carbocycles. The van der Waals surface area contributed by atoms with Crippen molar-refractivity contribution >= 4 is 40.2 Å². The van der Waals surface area contributed by atoms with Crippen LogP contribution in [-0.4, -0.2) is 49.2 Å². The lowest BCUT2D eigenvalue weighted by molar-refractivity contribution is -0.385. The Morgan fingerprint density at radius 3 is 1.40 bits per heavy atom. The predicted octanol–water partition coefficient (Wildman–Crippen LogP) is 3.18. The number of anilines is 1. The van der Waals surface area contributed by atoms with E-state index in [-0.39, 0.29) is 6.61 Å². The standard InChI is InChI=1S/C14H6N2O8.C6H7N.C2H5ClO/c17-7-3-1-5(15(21)22)9-11(7)14(20)12-8(18)4-2-6(16(23)24)10(12)13(9)19;7-6-4-2-1-3-5-6;3-1-2-4/h1-4,17-18H;1-5H,7H2;4H,1-2H2. The first-order valence-corrected chi connectivity index (χ1v) is 10.2. The maximum Gasteiger partial charge on any atom is 0.281 e. The number of fused-ring (bicyclic) bond motifs is 2. The lowest BCUT2D eigenvalue weighted by atomic mass is 9.81. The van der Waals surface area contributed by atoms with Gasteiger partial charge in [-0.15, -0.1) is 11.6 Å². The number of phenolic OH excluding ortho intramolecular Hbond substituents is 2. The van der Waals surface area contributed by atoms with E-state index in [0.29, 0.717) is 5.88 Å². The van der Waals surface area contributed by atoms with Crippen LogP contribution in [0.1, 0.15) is 31.8 Å². The highest BCUT2D eigenvalue weighted by molar-refractivity contribution is 6.32. The largest absolute Gasteiger partial charge is 0.507 e. The molecular formula is C22H18ClN3O9. The number of halogens is 1. The van der Waals surface area contributed by atoms with Gasteiger partial charge in [0.15, 0.2) is 0 Å². The van der Waals surface area contributed by atoms with Crippen molar-refractivity contribution in [2.24, 2.45) is 0 Å². The van der Waals surface area contributed by atoms with E-state index in [1.54, 1.807) is 0 Å². The summed E-state index contributed by atoms with van der Waals surface area (Å²) in [4.78, 5) is 45.5. The second kappa shape index (κ2) is 11.5. The third-order valence-corrected chi connectivity index (χ3v) is 4.68. The maximum absolute atomic E-state index is 12.6. The van der Waals surface area contributed by atoms with Gasteiger partial charge in [-0.2, -0.15) is 0 Å². The second-order valence-electron chi connectivity index (χ2n) is 6.70. The van der Waals surface area contributed by atoms with Crippen molar-refractivity contribution in [1.82, 2.24) is 0 Å². The number of hydrogen-bond acceptors (Lipinski definition) is 10. The number of hydrogen-bond donors (Lipinski definition) is 4. The summed E-state index contributed by atoms with van der Waals surface area (Å²) in [6.45, 7) is 0.0849. The molecule has 0 saturated heterocycles. The Balaban J connectivity index is 0.000000325. The van der Waals surface area contributed by atoms with Crippen LogP contribution >= 0.6 is 11.6 Å². The molecule has 0 bridgehead atoms. The number of benzene rings is 3. The Bertz CT molecular complexity index is 1220. The summed E-state index contributed by atoms with van der Waals surface area (Å²) in [5.41, 5.74) is 1.81. The molecule has 3 aromatic rings. The molecule has 0 atom stereocenters. The van der Waals surface area contributed by atoms with Crippen LogP contribution in [0.3, 0.4) is 0 Å². The molecule has 0 saturated carbocycles. The van der Waals surface area contributed by atoms with E-state index in [1.165, 1.54) is 0 Å². The van der Waals surface area contributed by atoms with Gasteiger partial charge in [0, 0.05) is 23.7 Å². The molecule has 1 aliphatic carbocycles. The zero-order chi connectivity index (χ0) is 26.3. The number of phenols is 2. The Hall–Kier alpha value is -4.55. The van der Waals surface area contributed by atoms with E-state index in [9.17, 15) is 40.0 Å². The van der Waals surface area contributed by atoms with Crippen LogP contribution in [0.15, 0.2) is 54.6 Å². The van der Waals surface area contributed by atoms with E-state index in [4.69, 9.17) is 22.4 Å². The van der Waals surface area contributed by atoms with E-state index in [0.717, 1.165) is 30.0 Å². The lowest BCUT2D eigenvalue weighted by Crippen LogP contribution is -2.23. The molecule has 4 rings (SSSR count). The van der Waals surface area contributed by atoms with Gasteiger partial charge < -0.3 is 21.1 Å². The van der Waals surface area contributed by atoms with Gasteiger partial charge in [-0.1, -0.05) is 18.2 Å². The van der Waals surface area contributed by atoms with Gasteiger partial charge in [-0.3, -0.25) is 29.8 Å². The summed E-state index contributed by atoms with van der Waals surface area (Å²) in [6.07, 6.45) is 0. The van der Waals surface area contributed by atoms with Crippen LogP contribution in [0.5, 0.6) is 11.5 Å². The fourth-order valence-electron chi connectivity index (χ4n) is 3.09. The Morgan fingerprint density at radius 2 is 1.11 bits per heavy atom. The Morgan fingerprint density at radius 1 is 0.743 bits per heavy atom. The van der Waals surface area contributed by atoms with Crippen molar-refractivity contribution in [3.63, 3.8) is 0 Å². The Kier molecular flexibility index (Phi) is 8.80. The number of nitrogens with two attached hydrogens (primary N) is 1. The van der Waals surface area contributed by atoms with Crippen LogP contribution in [0.25, 0.3) is 0 Å². The Labute approximate surface area is 202 Å². The SMILES string of the molecule is Nc1ccccc1.O=C1c2c(O)ccc([N+](=O)[O-])c2C(=O)c2c([N+](=O)[O-])ccc(O)c21.OCCCl. The van der Waals surface area contributed by atoms with Crippen LogP contribution in [0, 0.1) is 20.2 Å².